The van der Waals surface area contributed by atoms with E-state index >= 15 is 0 Å². The first-order valence-electron chi connectivity index (χ1n) is 35.7. The van der Waals surface area contributed by atoms with E-state index in [0.717, 1.165) is 100 Å². The molecule has 7 nitrogen and oxygen atoms in total. The molecular formula is C99H57N7. The lowest BCUT2D eigenvalue weighted by atomic mass is 9.88. The molecule has 22 rings (SSSR count). The van der Waals surface area contributed by atoms with Crippen molar-refractivity contribution in [3.8, 4) is 90.8 Å². The zero-order valence-electron chi connectivity index (χ0n) is 57.0. The quantitative estimate of drug-likeness (QED) is 0.141. The SMILES string of the molecule is N#Cc1cc2ccc3cc(-c4cc5c6ccccc6c(-c6cccc(-c7ccccc7)n6)cc5c5ccccc45)cc4c3c2c(c1)n4-c1ccccc1.N#Cc1cc2ccc3cc(-c4cc5c6ccccc6c(-c6cccc(-c7ccncc7)n6)cc5c5ccccc45)cc4c3c2c(c1)n4-c1ccccc1. The van der Waals surface area contributed by atoms with E-state index in [-0.39, 0.29) is 0 Å². The van der Waals surface area contributed by atoms with Crippen LogP contribution in [0.4, 0.5) is 0 Å². The van der Waals surface area contributed by atoms with Gasteiger partial charge in [0.1, 0.15) is 0 Å². The van der Waals surface area contributed by atoms with E-state index in [1.165, 1.54) is 108 Å². The van der Waals surface area contributed by atoms with E-state index < -0.39 is 0 Å². The number of rotatable bonds is 8. The van der Waals surface area contributed by atoms with Crippen molar-refractivity contribution >= 4 is 130 Å². The van der Waals surface area contributed by atoms with Crippen LogP contribution in [-0.4, -0.2) is 24.1 Å². The number of para-hydroxylation sites is 2. The number of nitriles is 2. The Hall–Kier alpha value is -14.6. The Morgan fingerprint density at radius 3 is 0.925 bits per heavy atom. The van der Waals surface area contributed by atoms with Crippen LogP contribution in [0.5, 0.6) is 0 Å². The third kappa shape index (κ3) is 9.48. The molecule has 0 radical (unpaired) electrons. The molecule has 0 spiro atoms. The molecule has 7 heteroatoms. The molecular weight excluding hydrogens is 1290 g/mol. The average Bonchev–Trinajstić information content (AvgIpc) is 1.44. The van der Waals surface area contributed by atoms with Crippen LogP contribution in [0, 0.1) is 22.7 Å². The fourth-order valence-corrected chi connectivity index (χ4v) is 17.1. The van der Waals surface area contributed by atoms with Crippen molar-refractivity contribution in [1.29, 1.82) is 10.5 Å². The Labute approximate surface area is 608 Å². The van der Waals surface area contributed by atoms with Crippen molar-refractivity contribution in [2.24, 2.45) is 0 Å². The van der Waals surface area contributed by atoms with E-state index in [0.29, 0.717) is 11.1 Å². The molecule has 0 bridgehead atoms. The van der Waals surface area contributed by atoms with Crippen LogP contribution < -0.4 is 0 Å². The summed E-state index contributed by atoms with van der Waals surface area (Å²) in [7, 11) is 0. The molecule has 17 aromatic carbocycles. The molecule has 0 aliphatic heterocycles. The molecule has 0 aliphatic rings. The minimum Gasteiger partial charge on any atom is -0.309 e. The smallest absolute Gasteiger partial charge is 0.0992 e. The Balaban J connectivity index is 0.000000136. The zero-order valence-corrected chi connectivity index (χ0v) is 57.0. The minimum atomic E-state index is 0.659. The van der Waals surface area contributed by atoms with Gasteiger partial charge in [0.2, 0.25) is 0 Å². The van der Waals surface area contributed by atoms with Gasteiger partial charge in [0.15, 0.2) is 0 Å². The number of benzene rings is 17. The molecule has 0 N–H and O–H groups in total. The van der Waals surface area contributed by atoms with Crippen LogP contribution in [0.25, 0.3) is 208 Å². The largest absolute Gasteiger partial charge is 0.309 e. The number of aromatic nitrogens is 5. The molecule has 0 fully saturated rings. The standard InChI is InChI=1S/C50H29N3.C49H28N4/c51-30-31-24-33-22-23-34-26-35(27-48-50(34)49(33)47(25-31)53(48)36-14-5-2-6-15-36)41-28-42-39-18-9-10-19-40(39)44(29-43(42)38-17-8-7-16-37(38)41)46-21-11-20-45(52-46)32-12-3-1-4-13-32;50-29-30-23-32-17-18-33-25-34(26-47-49(33)48(32)46(24-30)53(47)35-9-2-1-3-10-35)40-27-41-38-13-6-7-14-39(38)43(28-42(41)37-12-5-4-11-36(37)40)45-16-8-15-44(52-45)31-19-21-51-22-20-31/h1-29H;1-28H. The van der Waals surface area contributed by atoms with Gasteiger partial charge in [0.25, 0.3) is 0 Å². The predicted molar refractivity (Wildman–Crippen MR) is 439 cm³/mol. The van der Waals surface area contributed by atoms with Crippen molar-refractivity contribution < 1.29 is 0 Å². The minimum absolute atomic E-state index is 0.659. The molecule has 5 heterocycles. The van der Waals surface area contributed by atoms with Gasteiger partial charge in [-0.15, -0.1) is 0 Å². The second-order valence-electron chi connectivity index (χ2n) is 27.6. The van der Waals surface area contributed by atoms with Crippen molar-refractivity contribution in [1.82, 2.24) is 24.1 Å². The molecule has 0 aliphatic carbocycles. The molecule has 0 saturated heterocycles. The summed E-state index contributed by atoms with van der Waals surface area (Å²) in [5, 5.41) is 43.7. The Morgan fingerprint density at radius 2 is 0.538 bits per heavy atom. The summed E-state index contributed by atoms with van der Waals surface area (Å²) >= 11 is 0. The van der Waals surface area contributed by atoms with Gasteiger partial charge in [-0.05, 0) is 242 Å². The Morgan fingerprint density at radius 1 is 0.226 bits per heavy atom. The summed E-state index contributed by atoms with van der Waals surface area (Å²) in [5.74, 6) is 0. The van der Waals surface area contributed by atoms with Crippen molar-refractivity contribution in [3.63, 3.8) is 0 Å². The molecule has 5 aromatic heterocycles. The molecule has 106 heavy (non-hydrogen) atoms. The maximum Gasteiger partial charge on any atom is 0.0992 e. The van der Waals surface area contributed by atoms with Gasteiger partial charge in [-0.25, -0.2) is 9.97 Å². The molecule has 0 unspecified atom stereocenters. The van der Waals surface area contributed by atoms with Crippen molar-refractivity contribution in [3.05, 3.63) is 357 Å². The second kappa shape index (κ2) is 24.0. The third-order valence-corrected chi connectivity index (χ3v) is 21.7. The normalized spacial score (nSPS) is 11.8. The molecule has 22 aromatic rings. The summed E-state index contributed by atoms with van der Waals surface area (Å²) in [4.78, 5) is 14.6. The maximum atomic E-state index is 9.98. The van der Waals surface area contributed by atoms with E-state index in [2.05, 4.69) is 305 Å². The van der Waals surface area contributed by atoms with Gasteiger partial charge in [-0.1, -0.05) is 200 Å². The second-order valence-corrected chi connectivity index (χ2v) is 27.6. The monoisotopic (exact) mass is 1340 g/mol. The van der Waals surface area contributed by atoms with Crippen LogP contribution in [0.1, 0.15) is 11.1 Å². The third-order valence-electron chi connectivity index (χ3n) is 21.7. The van der Waals surface area contributed by atoms with Crippen molar-refractivity contribution in [2.45, 2.75) is 0 Å². The van der Waals surface area contributed by atoms with Gasteiger partial charge in [0.05, 0.1) is 68.1 Å². The van der Waals surface area contributed by atoms with Crippen LogP contribution in [0.3, 0.4) is 0 Å². The van der Waals surface area contributed by atoms with Crippen LogP contribution in [-0.2, 0) is 0 Å². The van der Waals surface area contributed by atoms with E-state index in [1.807, 2.05) is 67.0 Å². The number of fused-ring (bicyclic) bond motifs is 10. The number of hydrogen-bond donors (Lipinski definition) is 0. The van der Waals surface area contributed by atoms with Gasteiger partial charge in [-0.2, -0.15) is 10.5 Å². The zero-order chi connectivity index (χ0) is 70.1. The molecule has 488 valence electrons. The first kappa shape index (κ1) is 60.2. The average molecular weight is 1340 g/mol. The van der Waals surface area contributed by atoms with Gasteiger partial charge in [-0.3, -0.25) is 4.98 Å². The summed E-state index contributed by atoms with van der Waals surface area (Å²) < 4.78 is 4.66. The first-order valence-corrected chi connectivity index (χ1v) is 35.7. The fraction of sp³-hybridized carbons (Fsp3) is 0. The predicted octanol–water partition coefficient (Wildman–Crippen LogP) is 25.6. The van der Waals surface area contributed by atoms with Gasteiger partial charge in [0, 0.05) is 67.6 Å². The highest BCUT2D eigenvalue weighted by molar-refractivity contribution is 6.30. The maximum absolute atomic E-state index is 9.98. The summed E-state index contributed by atoms with van der Waals surface area (Å²) in [5.41, 5.74) is 20.7. The van der Waals surface area contributed by atoms with Gasteiger partial charge >= 0.3 is 0 Å². The molecule has 0 amide bonds. The highest BCUT2D eigenvalue weighted by Crippen LogP contribution is 2.49. The van der Waals surface area contributed by atoms with E-state index in [9.17, 15) is 10.5 Å². The van der Waals surface area contributed by atoms with Crippen LogP contribution in [0.15, 0.2) is 346 Å². The highest BCUT2D eigenvalue weighted by atomic mass is 15.0. The van der Waals surface area contributed by atoms with E-state index in [4.69, 9.17) is 9.97 Å². The highest BCUT2D eigenvalue weighted by Gasteiger charge is 2.25. The van der Waals surface area contributed by atoms with E-state index in [1.54, 1.807) is 0 Å². The summed E-state index contributed by atoms with van der Waals surface area (Å²) in [6.45, 7) is 0. The lowest BCUT2D eigenvalue weighted by Crippen LogP contribution is -1.94. The lowest BCUT2D eigenvalue weighted by Gasteiger charge is -2.17. The number of nitrogens with zero attached hydrogens (tertiary/aromatic N) is 7. The summed E-state index contributed by atoms with van der Waals surface area (Å²) in [6, 6.07) is 123. The molecule has 0 atom stereocenters. The number of hydrogen-bond acceptors (Lipinski definition) is 5. The van der Waals surface area contributed by atoms with Crippen LogP contribution in [0.2, 0.25) is 0 Å². The Kier molecular flexibility index (Phi) is 13.6. The van der Waals surface area contributed by atoms with Crippen LogP contribution >= 0.6 is 0 Å². The Bertz CT molecular complexity index is 7000. The molecule has 0 saturated carbocycles. The topological polar surface area (TPSA) is 96.1 Å². The van der Waals surface area contributed by atoms with Crippen molar-refractivity contribution in [2.75, 3.05) is 0 Å². The van der Waals surface area contributed by atoms with Gasteiger partial charge < -0.3 is 9.13 Å². The number of pyridine rings is 3. The summed E-state index contributed by atoms with van der Waals surface area (Å²) in [6.07, 6.45) is 3.62. The first-order chi connectivity index (χ1) is 52.5. The fourth-order valence-electron chi connectivity index (χ4n) is 17.1. The lowest BCUT2D eigenvalue weighted by molar-refractivity contribution is 1.18.